The molecule has 0 radical (unpaired) electrons. The highest BCUT2D eigenvalue weighted by Crippen LogP contribution is 2.16. The number of rotatable bonds is 5. The molecule has 1 aromatic heterocycles. The van der Waals surface area contributed by atoms with Gasteiger partial charge in [-0.2, -0.15) is 0 Å². The second kappa shape index (κ2) is 7.56. The van der Waals surface area contributed by atoms with Gasteiger partial charge in [0.05, 0.1) is 6.54 Å². The SMILES string of the molecule is CCCN(Cc1cc2cc(C)ccc2[nH]c1=O)C(=O)c1ccccc1C. The molecule has 3 aromatic rings. The predicted molar refractivity (Wildman–Crippen MR) is 106 cm³/mol. The Balaban J connectivity index is 1.96. The second-order valence-electron chi connectivity index (χ2n) is 6.76. The standard InChI is InChI=1S/C22H24N2O2/c1-4-11-24(22(26)19-8-6-5-7-16(19)3)14-18-13-17-12-15(2)9-10-20(17)23-21(18)25/h5-10,12-13H,4,11,14H2,1-3H3,(H,23,25). The molecule has 0 fully saturated rings. The Bertz CT molecular complexity index is 1000. The average molecular weight is 348 g/mol. The summed E-state index contributed by atoms with van der Waals surface area (Å²) >= 11 is 0. The highest BCUT2D eigenvalue weighted by Gasteiger charge is 2.18. The lowest BCUT2D eigenvalue weighted by atomic mass is 10.1. The van der Waals surface area contributed by atoms with Gasteiger partial charge >= 0.3 is 0 Å². The lowest BCUT2D eigenvalue weighted by Gasteiger charge is -2.23. The van der Waals surface area contributed by atoms with Crippen molar-refractivity contribution in [1.82, 2.24) is 9.88 Å². The summed E-state index contributed by atoms with van der Waals surface area (Å²) < 4.78 is 0. The maximum atomic E-state index is 13.0. The molecular weight excluding hydrogens is 324 g/mol. The number of nitrogens with one attached hydrogen (secondary N) is 1. The number of pyridine rings is 1. The smallest absolute Gasteiger partial charge is 0.254 e. The molecule has 1 N–H and O–H groups in total. The molecule has 1 amide bonds. The first kappa shape index (κ1) is 17.9. The third-order valence-electron chi connectivity index (χ3n) is 4.59. The zero-order chi connectivity index (χ0) is 18.7. The first-order valence-electron chi connectivity index (χ1n) is 8.97. The fraction of sp³-hybridized carbons (Fsp3) is 0.273. The molecule has 134 valence electrons. The van der Waals surface area contributed by atoms with Crippen molar-refractivity contribution in [2.45, 2.75) is 33.7 Å². The number of aryl methyl sites for hydroxylation is 2. The molecule has 0 atom stereocenters. The van der Waals surface area contributed by atoms with Gasteiger partial charge in [-0.25, -0.2) is 0 Å². The first-order valence-corrected chi connectivity index (χ1v) is 8.97. The summed E-state index contributed by atoms with van der Waals surface area (Å²) in [5.74, 6) is -0.0336. The van der Waals surface area contributed by atoms with Gasteiger partial charge in [-0.3, -0.25) is 9.59 Å². The van der Waals surface area contributed by atoms with Crippen LogP contribution in [0.4, 0.5) is 0 Å². The maximum absolute atomic E-state index is 13.0. The van der Waals surface area contributed by atoms with Crippen LogP contribution in [0.25, 0.3) is 10.9 Å². The number of H-pyrrole nitrogens is 1. The Morgan fingerprint density at radius 1 is 1.08 bits per heavy atom. The molecule has 4 nitrogen and oxygen atoms in total. The van der Waals surface area contributed by atoms with Crippen molar-refractivity contribution in [3.05, 3.63) is 81.1 Å². The highest BCUT2D eigenvalue weighted by atomic mass is 16.2. The first-order chi connectivity index (χ1) is 12.5. The van der Waals surface area contributed by atoms with Crippen molar-refractivity contribution in [1.29, 1.82) is 0 Å². The van der Waals surface area contributed by atoms with E-state index in [1.807, 2.05) is 69.3 Å². The van der Waals surface area contributed by atoms with E-state index in [4.69, 9.17) is 0 Å². The number of amides is 1. The summed E-state index contributed by atoms with van der Waals surface area (Å²) in [7, 11) is 0. The second-order valence-corrected chi connectivity index (χ2v) is 6.76. The Kier molecular flexibility index (Phi) is 5.21. The van der Waals surface area contributed by atoms with Crippen LogP contribution in [0.2, 0.25) is 0 Å². The number of hydrogen-bond acceptors (Lipinski definition) is 2. The van der Waals surface area contributed by atoms with Crippen LogP contribution in [-0.4, -0.2) is 22.3 Å². The van der Waals surface area contributed by atoms with Gasteiger partial charge in [0.2, 0.25) is 0 Å². The van der Waals surface area contributed by atoms with Crippen molar-refractivity contribution in [2.75, 3.05) is 6.54 Å². The van der Waals surface area contributed by atoms with Gasteiger partial charge in [0.25, 0.3) is 11.5 Å². The van der Waals surface area contributed by atoms with Gasteiger partial charge in [0, 0.05) is 23.2 Å². The van der Waals surface area contributed by atoms with Crippen LogP contribution < -0.4 is 5.56 Å². The lowest BCUT2D eigenvalue weighted by molar-refractivity contribution is 0.0742. The minimum Gasteiger partial charge on any atom is -0.334 e. The Labute approximate surface area is 153 Å². The van der Waals surface area contributed by atoms with Gasteiger partial charge in [-0.15, -0.1) is 0 Å². The van der Waals surface area contributed by atoms with E-state index >= 15 is 0 Å². The molecule has 0 unspecified atom stereocenters. The molecule has 0 aliphatic rings. The van der Waals surface area contributed by atoms with Crippen molar-refractivity contribution >= 4 is 16.8 Å². The van der Waals surface area contributed by atoms with Crippen LogP contribution in [0.3, 0.4) is 0 Å². The predicted octanol–water partition coefficient (Wildman–Crippen LogP) is 4.20. The van der Waals surface area contributed by atoms with E-state index < -0.39 is 0 Å². The van der Waals surface area contributed by atoms with E-state index in [9.17, 15) is 9.59 Å². The average Bonchev–Trinajstić information content (AvgIpc) is 2.62. The largest absolute Gasteiger partial charge is 0.334 e. The number of fused-ring (bicyclic) bond motifs is 1. The third kappa shape index (κ3) is 3.69. The van der Waals surface area contributed by atoms with Crippen LogP contribution in [-0.2, 0) is 6.54 Å². The van der Waals surface area contributed by atoms with E-state index in [1.165, 1.54) is 0 Å². The minimum atomic E-state index is -0.139. The van der Waals surface area contributed by atoms with E-state index in [1.54, 1.807) is 4.90 Å². The molecule has 0 aliphatic heterocycles. The number of carbonyl (C=O) groups excluding carboxylic acids is 1. The van der Waals surface area contributed by atoms with Gasteiger partial charge in [-0.1, -0.05) is 36.8 Å². The Hall–Kier alpha value is -2.88. The van der Waals surface area contributed by atoms with E-state index in [2.05, 4.69) is 4.98 Å². The molecule has 1 heterocycles. The molecule has 0 spiro atoms. The number of nitrogens with zero attached hydrogens (tertiary/aromatic N) is 1. The number of hydrogen-bond donors (Lipinski definition) is 1. The molecule has 0 bridgehead atoms. The van der Waals surface area contributed by atoms with Crippen molar-refractivity contribution < 1.29 is 4.79 Å². The van der Waals surface area contributed by atoms with Crippen LogP contribution in [0.1, 0.15) is 40.4 Å². The zero-order valence-corrected chi connectivity index (χ0v) is 15.5. The number of carbonyl (C=O) groups is 1. The van der Waals surface area contributed by atoms with Crippen molar-refractivity contribution in [3.63, 3.8) is 0 Å². The normalized spacial score (nSPS) is 10.9. The van der Waals surface area contributed by atoms with Crippen LogP contribution in [0.15, 0.2) is 53.3 Å². The van der Waals surface area contributed by atoms with E-state index in [-0.39, 0.29) is 11.5 Å². The maximum Gasteiger partial charge on any atom is 0.254 e. The molecule has 26 heavy (non-hydrogen) atoms. The topological polar surface area (TPSA) is 53.2 Å². The summed E-state index contributed by atoms with van der Waals surface area (Å²) in [4.78, 5) is 30.2. The van der Waals surface area contributed by atoms with Crippen LogP contribution >= 0.6 is 0 Å². The van der Waals surface area contributed by atoms with Crippen molar-refractivity contribution in [3.8, 4) is 0 Å². The molecular formula is C22H24N2O2. The molecule has 0 saturated carbocycles. The van der Waals surface area contributed by atoms with E-state index in [0.29, 0.717) is 24.2 Å². The Morgan fingerprint density at radius 3 is 2.58 bits per heavy atom. The molecule has 0 saturated heterocycles. The highest BCUT2D eigenvalue weighted by molar-refractivity contribution is 5.95. The Morgan fingerprint density at radius 2 is 1.85 bits per heavy atom. The molecule has 4 heteroatoms. The number of aromatic nitrogens is 1. The summed E-state index contributed by atoms with van der Waals surface area (Å²) in [5.41, 5.74) is 4.06. The monoisotopic (exact) mass is 348 g/mol. The fourth-order valence-corrected chi connectivity index (χ4v) is 3.20. The zero-order valence-electron chi connectivity index (χ0n) is 15.5. The van der Waals surface area contributed by atoms with Gasteiger partial charge in [0.15, 0.2) is 0 Å². The van der Waals surface area contributed by atoms with Gasteiger partial charge < -0.3 is 9.88 Å². The van der Waals surface area contributed by atoms with Crippen molar-refractivity contribution in [2.24, 2.45) is 0 Å². The third-order valence-corrected chi connectivity index (χ3v) is 4.59. The van der Waals surface area contributed by atoms with Gasteiger partial charge in [-0.05, 0) is 55.5 Å². The summed E-state index contributed by atoms with van der Waals surface area (Å²) in [6, 6.07) is 15.4. The van der Waals surface area contributed by atoms with Crippen LogP contribution in [0, 0.1) is 13.8 Å². The minimum absolute atomic E-state index is 0.0336. The number of benzene rings is 2. The molecule has 2 aromatic carbocycles. The van der Waals surface area contributed by atoms with Gasteiger partial charge in [0.1, 0.15) is 0 Å². The lowest BCUT2D eigenvalue weighted by Crippen LogP contribution is -2.33. The molecule has 3 rings (SSSR count). The van der Waals surface area contributed by atoms with E-state index in [0.717, 1.165) is 28.5 Å². The van der Waals surface area contributed by atoms with Crippen LogP contribution in [0.5, 0.6) is 0 Å². The summed E-state index contributed by atoms with van der Waals surface area (Å²) in [5, 5.41) is 0.986. The summed E-state index contributed by atoms with van der Waals surface area (Å²) in [6.45, 7) is 6.91. The quantitative estimate of drug-likeness (QED) is 0.751. The summed E-state index contributed by atoms with van der Waals surface area (Å²) in [6.07, 6.45) is 0.836. The number of aromatic amines is 1. The fourth-order valence-electron chi connectivity index (χ4n) is 3.20. The molecule has 0 aliphatic carbocycles.